The summed E-state index contributed by atoms with van der Waals surface area (Å²) in [7, 11) is 0. The molecule has 0 atom stereocenters. The first-order valence-corrected chi connectivity index (χ1v) is 6.19. The van der Waals surface area contributed by atoms with Crippen LogP contribution in [0.25, 0.3) is 0 Å². The lowest BCUT2D eigenvalue weighted by Crippen LogP contribution is -1.96. The molecule has 2 nitrogen and oxygen atoms in total. The molecule has 0 bridgehead atoms. The normalized spacial score (nSPS) is 9.89. The van der Waals surface area contributed by atoms with Crippen LogP contribution in [-0.4, -0.2) is 0 Å². The number of anilines is 2. The lowest BCUT2D eigenvalue weighted by atomic mass is 10.2. The maximum Gasteiger partial charge on any atom is 0.148 e. The first-order chi connectivity index (χ1) is 8.60. The number of halogens is 3. The van der Waals surface area contributed by atoms with Gasteiger partial charge < -0.3 is 5.32 Å². The molecule has 0 aliphatic rings. The summed E-state index contributed by atoms with van der Waals surface area (Å²) >= 11 is 8.98. The number of nitrogens with one attached hydrogen (secondary N) is 1. The second-order valence-corrected chi connectivity index (χ2v) is 4.90. The third kappa shape index (κ3) is 2.81. The van der Waals surface area contributed by atoms with Crippen LogP contribution in [0.4, 0.5) is 15.8 Å². The standard InChI is InChI=1S/C13H7BrClFN2/c14-9-2-1-8(7-17)13(5-9)18-12-4-3-10(15)6-11(12)16/h1-6,18H. The van der Waals surface area contributed by atoms with E-state index in [1.165, 1.54) is 12.1 Å². The van der Waals surface area contributed by atoms with Crippen molar-refractivity contribution >= 4 is 38.9 Å². The number of benzene rings is 2. The molecule has 0 aromatic heterocycles. The van der Waals surface area contributed by atoms with Gasteiger partial charge in [-0.3, -0.25) is 0 Å². The predicted molar refractivity (Wildman–Crippen MR) is 73.5 cm³/mol. The zero-order chi connectivity index (χ0) is 13.1. The van der Waals surface area contributed by atoms with Crippen LogP contribution in [-0.2, 0) is 0 Å². The molecule has 18 heavy (non-hydrogen) atoms. The van der Waals surface area contributed by atoms with Crippen molar-refractivity contribution in [2.75, 3.05) is 5.32 Å². The van der Waals surface area contributed by atoms with E-state index in [9.17, 15) is 4.39 Å². The average Bonchev–Trinajstić information content (AvgIpc) is 2.33. The van der Waals surface area contributed by atoms with Gasteiger partial charge in [0.1, 0.15) is 11.9 Å². The summed E-state index contributed by atoms with van der Waals surface area (Å²) in [5.41, 5.74) is 1.25. The molecule has 0 saturated heterocycles. The van der Waals surface area contributed by atoms with Crippen LogP contribution in [0, 0.1) is 17.1 Å². The summed E-state index contributed by atoms with van der Waals surface area (Å²) in [6.07, 6.45) is 0. The van der Waals surface area contributed by atoms with Crippen molar-refractivity contribution < 1.29 is 4.39 Å². The van der Waals surface area contributed by atoms with Crippen LogP contribution in [0.15, 0.2) is 40.9 Å². The average molecular weight is 326 g/mol. The Balaban J connectivity index is 2.40. The van der Waals surface area contributed by atoms with E-state index in [1.54, 1.807) is 24.3 Å². The second kappa shape index (κ2) is 5.38. The van der Waals surface area contributed by atoms with E-state index in [4.69, 9.17) is 16.9 Å². The van der Waals surface area contributed by atoms with Crippen molar-refractivity contribution in [2.24, 2.45) is 0 Å². The topological polar surface area (TPSA) is 35.8 Å². The number of nitrogens with zero attached hydrogens (tertiary/aromatic N) is 1. The molecular formula is C13H7BrClFN2. The van der Waals surface area contributed by atoms with Gasteiger partial charge in [-0.1, -0.05) is 27.5 Å². The molecule has 1 N–H and O–H groups in total. The maximum atomic E-state index is 13.6. The van der Waals surface area contributed by atoms with Crippen LogP contribution < -0.4 is 5.32 Å². The highest BCUT2D eigenvalue weighted by atomic mass is 79.9. The van der Waals surface area contributed by atoms with Crippen molar-refractivity contribution in [3.63, 3.8) is 0 Å². The fourth-order valence-corrected chi connectivity index (χ4v) is 1.97. The molecule has 0 radical (unpaired) electrons. The minimum atomic E-state index is -0.466. The summed E-state index contributed by atoms with van der Waals surface area (Å²) in [4.78, 5) is 0. The first-order valence-electron chi connectivity index (χ1n) is 5.02. The Bertz CT molecular complexity index is 637. The molecule has 0 amide bonds. The van der Waals surface area contributed by atoms with Gasteiger partial charge in [0.2, 0.25) is 0 Å². The van der Waals surface area contributed by atoms with E-state index in [1.807, 2.05) is 6.07 Å². The van der Waals surface area contributed by atoms with Gasteiger partial charge in [-0.15, -0.1) is 0 Å². The van der Waals surface area contributed by atoms with E-state index in [-0.39, 0.29) is 5.69 Å². The van der Waals surface area contributed by atoms with E-state index in [0.717, 1.165) is 4.47 Å². The fraction of sp³-hybridized carbons (Fsp3) is 0. The van der Waals surface area contributed by atoms with Crippen LogP contribution in [0.1, 0.15) is 5.56 Å². The molecule has 5 heteroatoms. The van der Waals surface area contributed by atoms with Crippen molar-refractivity contribution in [3.8, 4) is 6.07 Å². The lowest BCUT2D eigenvalue weighted by Gasteiger charge is -2.09. The predicted octanol–water partition coefficient (Wildman–Crippen LogP) is 4.86. The fourth-order valence-electron chi connectivity index (χ4n) is 1.45. The number of nitriles is 1. The van der Waals surface area contributed by atoms with Crippen molar-refractivity contribution in [3.05, 3.63) is 57.3 Å². The Labute approximate surface area is 117 Å². The molecule has 2 rings (SSSR count). The van der Waals surface area contributed by atoms with Crippen LogP contribution in [0.3, 0.4) is 0 Å². The lowest BCUT2D eigenvalue weighted by molar-refractivity contribution is 0.632. The van der Waals surface area contributed by atoms with E-state index >= 15 is 0 Å². The smallest absolute Gasteiger partial charge is 0.148 e. The zero-order valence-corrected chi connectivity index (χ0v) is 11.4. The Morgan fingerprint density at radius 1 is 1.17 bits per heavy atom. The van der Waals surface area contributed by atoms with Crippen LogP contribution >= 0.6 is 27.5 Å². The molecule has 0 spiro atoms. The van der Waals surface area contributed by atoms with Gasteiger partial charge in [0.25, 0.3) is 0 Å². The summed E-state index contributed by atoms with van der Waals surface area (Å²) in [6, 6.07) is 11.5. The third-order valence-corrected chi connectivity index (χ3v) is 3.03. The summed E-state index contributed by atoms with van der Waals surface area (Å²) in [5.74, 6) is -0.466. The highest BCUT2D eigenvalue weighted by Crippen LogP contribution is 2.27. The van der Waals surface area contributed by atoms with Gasteiger partial charge >= 0.3 is 0 Å². The Hall–Kier alpha value is -1.57. The van der Waals surface area contributed by atoms with Crippen LogP contribution in [0.5, 0.6) is 0 Å². The van der Waals surface area contributed by atoms with E-state index in [0.29, 0.717) is 16.3 Å². The largest absolute Gasteiger partial charge is 0.352 e. The van der Waals surface area contributed by atoms with Gasteiger partial charge in [0.15, 0.2) is 0 Å². The summed E-state index contributed by atoms with van der Waals surface area (Å²) in [5, 5.41) is 12.2. The van der Waals surface area contributed by atoms with E-state index in [2.05, 4.69) is 21.2 Å². The Morgan fingerprint density at radius 2 is 1.94 bits per heavy atom. The van der Waals surface area contributed by atoms with Gasteiger partial charge in [-0.05, 0) is 36.4 Å². The SMILES string of the molecule is N#Cc1ccc(Br)cc1Nc1ccc(Cl)cc1F. The Morgan fingerprint density at radius 3 is 2.61 bits per heavy atom. The highest BCUT2D eigenvalue weighted by Gasteiger charge is 2.07. The van der Waals surface area contributed by atoms with Crippen molar-refractivity contribution in [1.82, 2.24) is 0 Å². The van der Waals surface area contributed by atoms with Gasteiger partial charge in [-0.2, -0.15) is 5.26 Å². The number of rotatable bonds is 2. The molecule has 90 valence electrons. The summed E-state index contributed by atoms with van der Waals surface area (Å²) < 4.78 is 14.4. The molecular weight excluding hydrogens is 319 g/mol. The van der Waals surface area contributed by atoms with Crippen molar-refractivity contribution in [1.29, 1.82) is 5.26 Å². The molecule has 0 unspecified atom stereocenters. The molecule has 0 aliphatic heterocycles. The maximum absolute atomic E-state index is 13.6. The zero-order valence-electron chi connectivity index (χ0n) is 9.05. The Kier molecular flexibility index (Phi) is 3.85. The molecule has 2 aromatic rings. The minimum absolute atomic E-state index is 0.272. The van der Waals surface area contributed by atoms with Crippen molar-refractivity contribution in [2.45, 2.75) is 0 Å². The minimum Gasteiger partial charge on any atom is -0.352 e. The summed E-state index contributed by atoms with van der Waals surface area (Å²) in [6.45, 7) is 0. The molecule has 2 aromatic carbocycles. The van der Waals surface area contributed by atoms with Crippen LogP contribution in [0.2, 0.25) is 5.02 Å². The van der Waals surface area contributed by atoms with Gasteiger partial charge in [-0.25, -0.2) is 4.39 Å². The third-order valence-electron chi connectivity index (χ3n) is 2.30. The monoisotopic (exact) mass is 324 g/mol. The first kappa shape index (κ1) is 12.9. The van der Waals surface area contributed by atoms with Gasteiger partial charge in [0, 0.05) is 9.50 Å². The highest BCUT2D eigenvalue weighted by molar-refractivity contribution is 9.10. The number of hydrogen-bond donors (Lipinski definition) is 1. The molecule has 0 heterocycles. The number of hydrogen-bond acceptors (Lipinski definition) is 2. The van der Waals surface area contributed by atoms with E-state index < -0.39 is 5.82 Å². The quantitative estimate of drug-likeness (QED) is 0.856. The van der Waals surface area contributed by atoms with Gasteiger partial charge in [0.05, 0.1) is 16.9 Å². The molecule has 0 aliphatic carbocycles. The molecule has 0 fully saturated rings. The molecule has 0 saturated carbocycles. The second-order valence-electron chi connectivity index (χ2n) is 3.55.